The van der Waals surface area contributed by atoms with Crippen molar-refractivity contribution in [3.8, 4) is 0 Å². The van der Waals surface area contributed by atoms with Crippen LogP contribution in [0.25, 0.3) is 10.8 Å². The summed E-state index contributed by atoms with van der Waals surface area (Å²) in [5.41, 5.74) is 0.189. The van der Waals surface area contributed by atoms with Gasteiger partial charge >= 0.3 is 0 Å². The largest absolute Gasteiger partial charge is 0.343 e. The molecular weight excluding hydrogens is 340 g/mol. The molecule has 4 fully saturated rings. The first-order valence-electron chi connectivity index (χ1n) is 9.70. The number of carbonyl (C=O) groups is 2. The van der Waals surface area contributed by atoms with E-state index >= 15 is 0 Å². The Labute approximate surface area is 158 Å². The van der Waals surface area contributed by atoms with Crippen molar-refractivity contribution in [3.63, 3.8) is 0 Å². The summed E-state index contributed by atoms with van der Waals surface area (Å²) in [4.78, 5) is 34.4. The third-order valence-corrected chi connectivity index (χ3v) is 6.46. The molecule has 2 amide bonds. The van der Waals surface area contributed by atoms with Gasteiger partial charge in [0, 0.05) is 30.7 Å². The Morgan fingerprint density at radius 1 is 1.22 bits per heavy atom. The number of carbonyl (C=O) groups excluding carboxylic acids is 2. The lowest BCUT2D eigenvalue weighted by molar-refractivity contribution is -0.135. The summed E-state index contributed by atoms with van der Waals surface area (Å²) in [6.07, 6.45) is 4.34. The lowest BCUT2D eigenvalue weighted by Gasteiger charge is -2.37. The van der Waals surface area contributed by atoms with Gasteiger partial charge in [-0.25, -0.2) is 0 Å². The average Bonchev–Trinajstić information content (AvgIpc) is 3.33. The molecule has 0 spiro atoms. The molecule has 6 heteroatoms. The fourth-order valence-corrected chi connectivity index (χ4v) is 5.02. The van der Waals surface area contributed by atoms with Crippen molar-refractivity contribution in [3.05, 3.63) is 42.2 Å². The lowest BCUT2D eigenvalue weighted by Crippen LogP contribution is -2.55. The molecule has 1 atom stereocenters. The molecule has 3 aliphatic heterocycles. The molecule has 1 N–H and O–H groups in total. The number of pyridine rings is 1. The van der Waals surface area contributed by atoms with Crippen molar-refractivity contribution < 1.29 is 9.59 Å². The van der Waals surface area contributed by atoms with Crippen LogP contribution in [0.5, 0.6) is 0 Å². The number of hydrogen-bond acceptors (Lipinski definition) is 4. The van der Waals surface area contributed by atoms with E-state index in [1.807, 2.05) is 35.2 Å². The van der Waals surface area contributed by atoms with E-state index in [0.717, 1.165) is 43.1 Å². The van der Waals surface area contributed by atoms with Crippen molar-refractivity contribution >= 4 is 22.6 Å². The molecule has 6 nitrogen and oxygen atoms in total. The molecule has 2 bridgehead atoms. The van der Waals surface area contributed by atoms with E-state index in [4.69, 9.17) is 0 Å². The van der Waals surface area contributed by atoms with Crippen LogP contribution in [0, 0.1) is 5.92 Å². The molecule has 1 aliphatic carbocycles. The molecule has 27 heavy (non-hydrogen) atoms. The first kappa shape index (κ1) is 16.7. The monoisotopic (exact) mass is 364 g/mol. The zero-order chi connectivity index (χ0) is 18.6. The summed E-state index contributed by atoms with van der Waals surface area (Å²) in [6, 6.07) is 10.00. The molecule has 0 radical (unpaired) electrons. The molecule has 0 unspecified atom stereocenters. The summed E-state index contributed by atoms with van der Waals surface area (Å²) in [5.74, 6) is 0.239. The van der Waals surface area contributed by atoms with E-state index in [0.29, 0.717) is 12.2 Å². The molecule has 6 rings (SSSR count). The maximum Gasteiger partial charge on any atom is 0.271 e. The Kier molecular flexibility index (Phi) is 3.72. The molecule has 1 aromatic heterocycles. The summed E-state index contributed by atoms with van der Waals surface area (Å²) in [6.45, 7) is 2.47. The minimum absolute atomic E-state index is 0.113. The van der Waals surface area contributed by atoms with Crippen LogP contribution in [0.4, 0.5) is 0 Å². The number of likely N-dealkylation sites (tertiary alicyclic amines) is 1. The number of nitrogens with zero attached hydrogens (tertiary/aromatic N) is 3. The molecule has 140 valence electrons. The van der Waals surface area contributed by atoms with Crippen LogP contribution in [0.2, 0.25) is 0 Å². The van der Waals surface area contributed by atoms with Gasteiger partial charge < -0.3 is 15.1 Å². The van der Waals surface area contributed by atoms with E-state index in [2.05, 4.69) is 22.2 Å². The minimum atomic E-state index is -0.277. The van der Waals surface area contributed by atoms with Gasteiger partial charge in [0.15, 0.2) is 0 Å². The van der Waals surface area contributed by atoms with Crippen molar-refractivity contribution in [2.75, 3.05) is 26.7 Å². The summed E-state index contributed by atoms with van der Waals surface area (Å²) >= 11 is 0. The molecule has 4 aliphatic rings. The van der Waals surface area contributed by atoms with Crippen molar-refractivity contribution in [1.82, 2.24) is 20.1 Å². The van der Waals surface area contributed by atoms with Crippen LogP contribution < -0.4 is 5.32 Å². The van der Waals surface area contributed by atoms with Gasteiger partial charge in [0.2, 0.25) is 5.91 Å². The lowest BCUT2D eigenvalue weighted by atomic mass is 9.78. The molecule has 1 saturated carbocycles. The standard InChI is InChI=1S/C21H24N4O2/c1-24-9-7-15(12-24)20(27)25-13-21(10-16(25)11-21)23-19(26)18-17-5-3-2-4-14(17)6-8-22-18/h2-6,8,15-16H,7,9-13H2,1H3,(H,23,26)/t15-,16?,21?/m0/s1. The SMILES string of the molecule is CN1CC[C@H](C(=O)N2CC3(NC(=O)c4nccc5ccccc45)CC2C3)C1. The number of rotatable bonds is 3. The third-order valence-electron chi connectivity index (χ3n) is 6.46. The molecule has 3 saturated heterocycles. The second kappa shape index (κ2) is 6.02. The van der Waals surface area contributed by atoms with Crippen LogP contribution in [-0.2, 0) is 4.79 Å². The number of fused-ring (bicyclic) bond motifs is 2. The predicted molar refractivity (Wildman–Crippen MR) is 102 cm³/mol. The summed E-state index contributed by atoms with van der Waals surface area (Å²) in [7, 11) is 2.07. The average molecular weight is 364 g/mol. The topological polar surface area (TPSA) is 65.5 Å². The van der Waals surface area contributed by atoms with E-state index in [-0.39, 0.29) is 29.3 Å². The zero-order valence-electron chi connectivity index (χ0n) is 15.5. The van der Waals surface area contributed by atoms with Gasteiger partial charge in [-0.15, -0.1) is 0 Å². The predicted octanol–water partition coefficient (Wildman–Crippen LogP) is 1.66. The quantitative estimate of drug-likeness (QED) is 0.900. The van der Waals surface area contributed by atoms with E-state index in [9.17, 15) is 9.59 Å². The van der Waals surface area contributed by atoms with E-state index < -0.39 is 0 Å². The van der Waals surface area contributed by atoms with Crippen LogP contribution in [0.1, 0.15) is 29.8 Å². The Bertz CT molecular complexity index is 916. The summed E-state index contributed by atoms with van der Waals surface area (Å²) < 4.78 is 0. The number of hydrogen-bond donors (Lipinski definition) is 1. The van der Waals surface area contributed by atoms with Gasteiger partial charge in [-0.1, -0.05) is 24.3 Å². The highest BCUT2D eigenvalue weighted by Gasteiger charge is 2.58. The number of nitrogens with one attached hydrogen (secondary N) is 1. The number of aromatic nitrogens is 1. The Morgan fingerprint density at radius 2 is 2.04 bits per heavy atom. The zero-order valence-corrected chi connectivity index (χ0v) is 15.5. The number of benzene rings is 1. The van der Waals surface area contributed by atoms with Gasteiger partial charge in [0.1, 0.15) is 5.69 Å². The fraction of sp³-hybridized carbons (Fsp3) is 0.476. The Morgan fingerprint density at radius 3 is 2.81 bits per heavy atom. The van der Waals surface area contributed by atoms with E-state index in [1.165, 1.54) is 0 Å². The Balaban J connectivity index is 1.31. The van der Waals surface area contributed by atoms with Crippen LogP contribution >= 0.6 is 0 Å². The van der Waals surface area contributed by atoms with E-state index in [1.54, 1.807) is 6.20 Å². The van der Waals surface area contributed by atoms with Crippen LogP contribution in [0.3, 0.4) is 0 Å². The molecule has 4 heterocycles. The highest BCUT2D eigenvalue weighted by molar-refractivity contribution is 6.05. The first-order valence-corrected chi connectivity index (χ1v) is 9.70. The molecular formula is C21H24N4O2. The normalized spacial score (nSPS) is 29.7. The van der Waals surface area contributed by atoms with Crippen molar-refractivity contribution in [2.24, 2.45) is 5.92 Å². The highest BCUT2D eigenvalue weighted by Crippen LogP contribution is 2.45. The highest BCUT2D eigenvalue weighted by atomic mass is 16.2. The van der Waals surface area contributed by atoms with Gasteiger partial charge in [-0.05, 0) is 44.3 Å². The van der Waals surface area contributed by atoms with Gasteiger partial charge in [-0.2, -0.15) is 0 Å². The minimum Gasteiger partial charge on any atom is -0.343 e. The third kappa shape index (κ3) is 2.70. The smallest absolute Gasteiger partial charge is 0.271 e. The maximum atomic E-state index is 12.9. The second-order valence-electron chi connectivity index (χ2n) is 8.39. The fourth-order valence-electron chi connectivity index (χ4n) is 5.02. The first-order chi connectivity index (χ1) is 13.0. The maximum absolute atomic E-state index is 12.9. The second-order valence-corrected chi connectivity index (χ2v) is 8.39. The Hall–Kier alpha value is -2.47. The van der Waals surface area contributed by atoms with Gasteiger partial charge in [-0.3, -0.25) is 14.6 Å². The van der Waals surface area contributed by atoms with Crippen molar-refractivity contribution in [1.29, 1.82) is 0 Å². The van der Waals surface area contributed by atoms with Gasteiger partial charge in [0.25, 0.3) is 5.91 Å². The van der Waals surface area contributed by atoms with Gasteiger partial charge in [0.05, 0.1) is 11.5 Å². The summed E-state index contributed by atoms with van der Waals surface area (Å²) in [5, 5.41) is 5.08. The van der Waals surface area contributed by atoms with Crippen LogP contribution in [0.15, 0.2) is 36.5 Å². The van der Waals surface area contributed by atoms with Crippen molar-refractivity contribution in [2.45, 2.75) is 30.8 Å². The number of amides is 2. The molecule has 2 aromatic rings. The molecule has 1 aromatic carbocycles. The van der Waals surface area contributed by atoms with Crippen LogP contribution in [-0.4, -0.2) is 64.9 Å².